The van der Waals surface area contributed by atoms with Gasteiger partial charge in [-0.15, -0.1) is 0 Å². The van der Waals surface area contributed by atoms with Gasteiger partial charge in [-0.1, -0.05) is 11.2 Å². The fourth-order valence-corrected chi connectivity index (χ4v) is 4.33. The van der Waals surface area contributed by atoms with Crippen LogP contribution in [-0.4, -0.2) is 55.3 Å². The molecule has 0 saturated heterocycles. The minimum Gasteiger partial charge on any atom is -0.478 e. The van der Waals surface area contributed by atoms with E-state index in [0.717, 1.165) is 35.1 Å². The second-order valence-corrected chi connectivity index (χ2v) is 9.36. The number of aromatic carboxylic acids is 1. The number of rotatable bonds is 6. The van der Waals surface area contributed by atoms with Crippen molar-refractivity contribution in [1.29, 1.82) is 5.26 Å². The molecule has 1 heterocycles. The second-order valence-electron chi connectivity index (χ2n) is 9.36. The number of anilines is 3. The number of carboxylic acids is 1. The number of nitrogens with zero attached hydrogens (tertiary/aromatic N) is 4. The topological polar surface area (TPSA) is 166 Å². The molecule has 0 aliphatic rings. The van der Waals surface area contributed by atoms with Crippen LogP contribution in [0.25, 0.3) is 22.1 Å². The predicted octanol–water partition coefficient (Wildman–Crippen LogP) is 5.52. The molecule has 0 saturated carbocycles. The highest BCUT2D eigenvalue weighted by Gasteiger charge is 2.36. The minimum atomic E-state index is -4.93. The van der Waals surface area contributed by atoms with Crippen LogP contribution in [0.15, 0.2) is 53.1 Å². The maximum Gasteiger partial charge on any atom is 0.417 e. The average molecular weight is 610 g/mol. The lowest BCUT2D eigenvalue weighted by Crippen LogP contribution is -2.26. The van der Waals surface area contributed by atoms with Crippen LogP contribution in [0.5, 0.6) is 0 Å². The molecule has 1 aromatic heterocycles. The van der Waals surface area contributed by atoms with E-state index in [1.165, 1.54) is 51.4 Å². The van der Waals surface area contributed by atoms with Gasteiger partial charge in [0.1, 0.15) is 0 Å². The lowest BCUT2D eigenvalue weighted by atomic mass is 9.94. The number of hydrogen-bond donors (Lipinski definition) is 2. The Morgan fingerprint density at radius 2 is 1.73 bits per heavy atom. The van der Waals surface area contributed by atoms with Crippen LogP contribution < -0.4 is 15.1 Å². The number of hydrogen-bond acceptors (Lipinski definition) is 8. The Kier molecular flexibility index (Phi) is 8.30. The van der Waals surface area contributed by atoms with E-state index >= 15 is 0 Å². The number of carboxylic acid groups (broad SMARTS) is 1. The van der Waals surface area contributed by atoms with Gasteiger partial charge in [-0.25, -0.2) is 9.59 Å². The number of carbonyl (C=O) groups excluding carboxylic acids is 3. The van der Waals surface area contributed by atoms with Gasteiger partial charge >= 0.3 is 18.2 Å². The third-order valence-corrected chi connectivity index (χ3v) is 6.70. The molecule has 44 heavy (non-hydrogen) atoms. The predicted molar refractivity (Wildman–Crippen MR) is 150 cm³/mol. The smallest absolute Gasteiger partial charge is 0.417 e. The molecule has 226 valence electrons. The zero-order valence-corrected chi connectivity index (χ0v) is 23.4. The summed E-state index contributed by atoms with van der Waals surface area (Å²) in [6, 6.07) is 10.9. The maximum absolute atomic E-state index is 14.4. The van der Waals surface area contributed by atoms with Crippen LogP contribution in [0, 0.1) is 11.3 Å². The largest absolute Gasteiger partial charge is 0.478 e. The summed E-state index contributed by atoms with van der Waals surface area (Å²) in [5.74, 6) is -2.91. The average Bonchev–Trinajstić information content (AvgIpc) is 3.41. The van der Waals surface area contributed by atoms with E-state index in [2.05, 4.69) is 15.2 Å². The number of ether oxygens (including phenoxy) is 1. The number of nitriles is 1. The number of aromatic nitrogens is 1. The van der Waals surface area contributed by atoms with Gasteiger partial charge in [0, 0.05) is 38.3 Å². The molecule has 4 aromatic rings. The zero-order valence-electron chi connectivity index (χ0n) is 23.4. The first-order chi connectivity index (χ1) is 20.7. The Labute approximate surface area is 246 Å². The van der Waals surface area contributed by atoms with E-state index in [1.54, 1.807) is 6.07 Å². The molecule has 0 bridgehead atoms. The molecular weight excluding hydrogens is 587 g/mol. The number of amides is 3. The zero-order chi connectivity index (χ0) is 32.5. The SMILES string of the molecule is COC(=O)N(C)c1ccc(-c2cc3c(C(=O)Nc4ccc(C#N)cc4C(=O)O)noc3cc2N(C)C(C)=O)c(C(F)(F)F)c1. The van der Waals surface area contributed by atoms with Crippen LogP contribution in [0.1, 0.15) is 38.9 Å². The Balaban J connectivity index is 1.92. The number of methoxy groups -OCH3 is 1. The summed E-state index contributed by atoms with van der Waals surface area (Å²) in [5.41, 5.74) is -2.79. The number of carbonyl (C=O) groups is 4. The van der Waals surface area contributed by atoms with Crippen molar-refractivity contribution in [3.8, 4) is 17.2 Å². The van der Waals surface area contributed by atoms with E-state index in [0.29, 0.717) is 0 Å². The normalized spacial score (nSPS) is 11.0. The summed E-state index contributed by atoms with van der Waals surface area (Å²) >= 11 is 0. The van der Waals surface area contributed by atoms with Crippen molar-refractivity contribution in [1.82, 2.24) is 5.16 Å². The van der Waals surface area contributed by atoms with E-state index < -0.39 is 46.9 Å². The van der Waals surface area contributed by atoms with Gasteiger partial charge in [-0.05, 0) is 42.0 Å². The number of fused-ring (bicyclic) bond motifs is 1. The highest BCUT2D eigenvalue weighted by Crippen LogP contribution is 2.44. The van der Waals surface area contributed by atoms with Crippen LogP contribution in [-0.2, 0) is 15.7 Å². The van der Waals surface area contributed by atoms with Gasteiger partial charge < -0.3 is 24.6 Å². The third-order valence-electron chi connectivity index (χ3n) is 6.70. The fourth-order valence-electron chi connectivity index (χ4n) is 4.33. The van der Waals surface area contributed by atoms with Gasteiger partial charge in [-0.3, -0.25) is 14.5 Å². The third kappa shape index (κ3) is 5.86. The van der Waals surface area contributed by atoms with E-state index in [4.69, 9.17) is 9.78 Å². The van der Waals surface area contributed by atoms with Crippen LogP contribution >= 0.6 is 0 Å². The van der Waals surface area contributed by atoms with Crippen molar-refractivity contribution in [3.63, 3.8) is 0 Å². The first-order valence-corrected chi connectivity index (χ1v) is 12.5. The van der Waals surface area contributed by atoms with Gasteiger partial charge in [0.25, 0.3) is 5.91 Å². The van der Waals surface area contributed by atoms with Crippen LogP contribution in [0.3, 0.4) is 0 Å². The molecule has 0 unspecified atom stereocenters. The molecule has 15 heteroatoms. The standard InChI is InChI=1S/C29H22F3N5O7/c1-14(38)36(2)23-12-24-20(25(35-44-24)26(39)34-22-8-5-15(13-33)9-19(22)27(40)41)11-18(23)17-7-6-16(37(3)28(42)43-4)10-21(17)29(30,31)32/h5-12H,1-4H3,(H,34,39)(H,40,41). The quantitative estimate of drug-likeness (QED) is 0.286. The van der Waals surface area contributed by atoms with Crippen molar-refractivity contribution in [2.45, 2.75) is 13.1 Å². The molecule has 3 amide bonds. The van der Waals surface area contributed by atoms with Crippen molar-refractivity contribution in [2.24, 2.45) is 0 Å². The van der Waals surface area contributed by atoms with E-state index in [1.807, 2.05) is 0 Å². The minimum absolute atomic E-state index is 0.00654. The molecule has 0 atom stereocenters. The lowest BCUT2D eigenvalue weighted by molar-refractivity contribution is -0.137. The summed E-state index contributed by atoms with van der Waals surface area (Å²) in [5, 5.41) is 24.7. The molecule has 2 N–H and O–H groups in total. The molecule has 4 rings (SSSR count). The van der Waals surface area contributed by atoms with Crippen molar-refractivity contribution in [3.05, 3.63) is 70.9 Å². The van der Waals surface area contributed by atoms with Crippen LogP contribution in [0.4, 0.5) is 35.0 Å². The highest BCUT2D eigenvalue weighted by atomic mass is 19.4. The van der Waals surface area contributed by atoms with Crippen molar-refractivity contribution < 1.29 is 46.7 Å². The first-order valence-electron chi connectivity index (χ1n) is 12.5. The molecular formula is C29H22F3N5O7. The summed E-state index contributed by atoms with van der Waals surface area (Å²) in [4.78, 5) is 51.2. The van der Waals surface area contributed by atoms with Crippen molar-refractivity contribution in [2.75, 3.05) is 36.3 Å². The Hall–Kier alpha value is -5.91. The molecule has 12 nitrogen and oxygen atoms in total. The van der Waals surface area contributed by atoms with Gasteiger partial charge in [0.2, 0.25) is 5.91 Å². The monoisotopic (exact) mass is 609 g/mol. The Morgan fingerprint density at radius 1 is 1.02 bits per heavy atom. The highest BCUT2D eigenvalue weighted by molar-refractivity contribution is 6.14. The number of nitrogens with one attached hydrogen (secondary N) is 1. The van der Waals surface area contributed by atoms with E-state index in [9.17, 15) is 37.5 Å². The number of alkyl halides is 3. The second kappa shape index (κ2) is 11.8. The van der Waals surface area contributed by atoms with Gasteiger partial charge in [-0.2, -0.15) is 18.4 Å². The molecule has 0 aliphatic heterocycles. The summed E-state index contributed by atoms with van der Waals surface area (Å²) in [6.07, 6.45) is -5.83. The Morgan fingerprint density at radius 3 is 2.32 bits per heavy atom. The number of benzene rings is 3. The van der Waals surface area contributed by atoms with Crippen molar-refractivity contribution >= 4 is 51.9 Å². The van der Waals surface area contributed by atoms with E-state index in [-0.39, 0.29) is 44.7 Å². The summed E-state index contributed by atoms with van der Waals surface area (Å²) in [6.45, 7) is 1.20. The molecule has 0 spiro atoms. The Bertz CT molecular complexity index is 1880. The first kappa shape index (κ1) is 31.0. The molecule has 3 aromatic carbocycles. The summed E-state index contributed by atoms with van der Waals surface area (Å²) < 4.78 is 53.2. The fraction of sp³-hybridized carbons (Fsp3) is 0.172. The molecule has 0 aliphatic carbocycles. The maximum atomic E-state index is 14.4. The van der Waals surface area contributed by atoms with Crippen LogP contribution in [0.2, 0.25) is 0 Å². The summed E-state index contributed by atoms with van der Waals surface area (Å²) in [7, 11) is 3.64. The van der Waals surface area contributed by atoms with Gasteiger partial charge in [0.15, 0.2) is 11.3 Å². The molecule has 0 radical (unpaired) electrons. The lowest BCUT2D eigenvalue weighted by Gasteiger charge is -2.23. The number of halogens is 3. The molecule has 0 fully saturated rings. The van der Waals surface area contributed by atoms with Gasteiger partial charge in [0.05, 0.1) is 46.6 Å².